The molecule has 0 aliphatic carbocycles. The fourth-order valence-electron chi connectivity index (χ4n) is 1.64. The minimum Gasteiger partial charge on any atom is -0.480 e. The molecule has 1 aromatic rings. The Balaban J connectivity index is 3.10. The highest BCUT2D eigenvalue weighted by atomic mass is 32.2. The van der Waals surface area contributed by atoms with E-state index in [1.807, 2.05) is 0 Å². The molecule has 19 heavy (non-hydrogen) atoms. The van der Waals surface area contributed by atoms with Gasteiger partial charge in [-0.2, -0.15) is 4.72 Å². The average Bonchev–Trinajstić information content (AvgIpc) is 2.31. The monoisotopic (exact) mass is 289 g/mol. The van der Waals surface area contributed by atoms with Gasteiger partial charge in [0.2, 0.25) is 10.0 Å². The number of nitrogens with one attached hydrogen (secondary N) is 1. The Bertz CT molecular complexity index is 571. The predicted octanol–water partition coefficient (Wildman–Crippen LogP) is 1.67. The Kier molecular flexibility index (Phi) is 5.02. The first-order valence-electron chi connectivity index (χ1n) is 5.79. The number of aryl methyl sites for hydroxylation is 1. The average molecular weight is 289 g/mol. The number of hydrogen-bond acceptors (Lipinski definition) is 3. The van der Waals surface area contributed by atoms with Crippen LogP contribution in [-0.2, 0) is 14.8 Å². The molecule has 0 amide bonds. The second-order valence-electron chi connectivity index (χ2n) is 4.21. The molecule has 0 bridgehead atoms. The number of sulfonamides is 1. The molecule has 0 heterocycles. The van der Waals surface area contributed by atoms with E-state index in [4.69, 9.17) is 5.11 Å². The zero-order valence-corrected chi connectivity index (χ0v) is 11.5. The first kappa shape index (κ1) is 15.6. The van der Waals surface area contributed by atoms with Crippen LogP contribution in [0, 0.1) is 12.7 Å². The van der Waals surface area contributed by atoms with Crippen LogP contribution in [0.5, 0.6) is 0 Å². The molecule has 106 valence electrons. The van der Waals surface area contributed by atoms with Gasteiger partial charge in [0.1, 0.15) is 11.9 Å². The van der Waals surface area contributed by atoms with Gasteiger partial charge in [0.25, 0.3) is 0 Å². The summed E-state index contributed by atoms with van der Waals surface area (Å²) in [6, 6.07) is 2.15. The molecule has 0 aromatic heterocycles. The minimum absolute atomic E-state index is 0.170. The van der Waals surface area contributed by atoms with Crippen LogP contribution < -0.4 is 4.72 Å². The first-order chi connectivity index (χ1) is 8.77. The molecule has 0 aliphatic rings. The van der Waals surface area contributed by atoms with Crippen molar-refractivity contribution in [1.29, 1.82) is 0 Å². The van der Waals surface area contributed by atoms with E-state index < -0.39 is 27.9 Å². The van der Waals surface area contributed by atoms with Gasteiger partial charge in [-0.15, -0.1) is 0 Å². The highest BCUT2D eigenvalue weighted by molar-refractivity contribution is 7.89. The molecular weight excluding hydrogens is 273 g/mol. The lowest BCUT2D eigenvalue weighted by Crippen LogP contribution is -2.40. The van der Waals surface area contributed by atoms with Crippen LogP contribution in [0.25, 0.3) is 0 Å². The van der Waals surface area contributed by atoms with Gasteiger partial charge in [0.05, 0.1) is 4.90 Å². The van der Waals surface area contributed by atoms with Crippen molar-refractivity contribution >= 4 is 16.0 Å². The summed E-state index contributed by atoms with van der Waals surface area (Å²) < 4.78 is 39.3. The normalized spacial score (nSPS) is 13.2. The van der Waals surface area contributed by atoms with Crippen LogP contribution in [-0.4, -0.2) is 25.5 Å². The zero-order valence-electron chi connectivity index (χ0n) is 10.7. The van der Waals surface area contributed by atoms with Crippen molar-refractivity contribution < 1.29 is 22.7 Å². The van der Waals surface area contributed by atoms with Crippen molar-refractivity contribution in [3.05, 3.63) is 29.6 Å². The smallest absolute Gasteiger partial charge is 0.321 e. The van der Waals surface area contributed by atoms with Crippen LogP contribution in [0.15, 0.2) is 23.1 Å². The predicted molar refractivity (Wildman–Crippen MR) is 67.8 cm³/mol. The van der Waals surface area contributed by atoms with Gasteiger partial charge in [-0.3, -0.25) is 4.79 Å². The number of rotatable bonds is 6. The Hall–Kier alpha value is -1.47. The molecule has 1 aromatic carbocycles. The third-order valence-electron chi connectivity index (χ3n) is 2.61. The largest absolute Gasteiger partial charge is 0.480 e. The Morgan fingerprint density at radius 1 is 1.47 bits per heavy atom. The topological polar surface area (TPSA) is 83.5 Å². The molecule has 0 unspecified atom stereocenters. The van der Waals surface area contributed by atoms with E-state index in [0.717, 1.165) is 12.1 Å². The highest BCUT2D eigenvalue weighted by Gasteiger charge is 2.26. The Labute approximate surface area is 111 Å². The molecule has 1 atom stereocenters. The zero-order chi connectivity index (χ0) is 14.6. The van der Waals surface area contributed by atoms with E-state index in [1.54, 1.807) is 6.92 Å². The number of carboxylic acids is 1. The highest BCUT2D eigenvalue weighted by Crippen LogP contribution is 2.17. The van der Waals surface area contributed by atoms with Crippen LogP contribution in [0.1, 0.15) is 25.3 Å². The molecule has 0 saturated heterocycles. The van der Waals surface area contributed by atoms with Crippen LogP contribution in [0.3, 0.4) is 0 Å². The lowest BCUT2D eigenvalue weighted by molar-refractivity contribution is -0.139. The molecule has 0 radical (unpaired) electrons. The van der Waals surface area contributed by atoms with Gasteiger partial charge < -0.3 is 5.11 Å². The molecule has 7 heteroatoms. The van der Waals surface area contributed by atoms with E-state index in [-0.39, 0.29) is 11.3 Å². The van der Waals surface area contributed by atoms with Gasteiger partial charge in [0.15, 0.2) is 0 Å². The second kappa shape index (κ2) is 6.12. The molecule has 0 spiro atoms. The third kappa shape index (κ3) is 4.00. The van der Waals surface area contributed by atoms with Crippen molar-refractivity contribution in [1.82, 2.24) is 4.72 Å². The standard InChI is InChI=1S/C12H16FNO4S/c1-3-4-10(12(15)16)14-19(17,18)11-7-9(13)6-5-8(11)2/h5-7,10,14H,3-4H2,1-2H3,(H,15,16)/t10-/m1/s1. The quantitative estimate of drug-likeness (QED) is 0.834. The number of carboxylic acid groups (broad SMARTS) is 1. The lowest BCUT2D eigenvalue weighted by Gasteiger charge is -2.15. The van der Waals surface area contributed by atoms with Gasteiger partial charge in [-0.05, 0) is 31.0 Å². The van der Waals surface area contributed by atoms with Gasteiger partial charge in [-0.1, -0.05) is 19.4 Å². The van der Waals surface area contributed by atoms with E-state index in [0.29, 0.717) is 12.0 Å². The summed E-state index contributed by atoms with van der Waals surface area (Å²) in [6.45, 7) is 3.27. The summed E-state index contributed by atoms with van der Waals surface area (Å²) in [4.78, 5) is 10.7. The van der Waals surface area contributed by atoms with E-state index in [2.05, 4.69) is 4.72 Å². The molecule has 0 fully saturated rings. The van der Waals surface area contributed by atoms with Crippen molar-refractivity contribution in [2.75, 3.05) is 0 Å². The summed E-state index contributed by atoms with van der Waals surface area (Å²) in [6.07, 6.45) is 0.685. The molecule has 1 rings (SSSR count). The van der Waals surface area contributed by atoms with Crippen molar-refractivity contribution in [3.63, 3.8) is 0 Å². The summed E-state index contributed by atoms with van der Waals surface area (Å²) >= 11 is 0. The van der Waals surface area contributed by atoms with Crippen LogP contribution in [0.2, 0.25) is 0 Å². The Morgan fingerprint density at radius 2 is 2.11 bits per heavy atom. The molecule has 0 saturated carbocycles. The van der Waals surface area contributed by atoms with Gasteiger partial charge in [0, 0.05) is 0 Å². The summed E-state index contributed by atoms with van der Waals surface area (Å²) in [7, 11) is -4.05. The maximum absolute atomic E-state index is 13.1. The lowest BCUT2D eigenvalue weighted by atomic mass is 10.2. The van der Waals surface area contributed by atoms with Crippen molar-refractivity contribution in [2.45, 2.75) is 37.6 Å². The van der Waals surface area contributed by atoms with Crippen LogP contribution in [0.4, 0.5) is 4.39 Å². The number of hydrogen-bond donors (Lipinski definition) is 2. The van der Waals surface area contributed by atoms with Crippen molar-refractivity contribution in [3.8, 4) is 0 Å². The SMILES string of the molecule is CCC[C@@H](NS(=O)(=O)c1cc(F)ccc1C)C(=O)O. The molecular formula is C12H16FNO4S. The van der Waals surface area contributed by atoms with E-state index in [1.165, 1.54) is 13.0 Å². The molecule has 0 aliphatic heterocycles. The number of benzene rings is 1. The summed E-state index contributed by atoms with van der Waals surface area (Å²) in [5.41, 5.74) is 0.356. The first-order valence-corrected chi connectivity index (χ1v) is 7.27. The third-order valence-corrected chi connectivity index (χ3v) is 4.23. The van der Waals surface area contributed by atoms with E-state index >= 15 is 0 Å². The fraction of sp³-hybridized carbons (Fsp3) is 0.417. The maximum atomic E-state index is 13.1. The number of carbonyl (C=O) groups is 1. The molecule has 5 nitrogen and oxygen atoms in total. The van der Waals surface area contributed by atoms with E-state index in [9.17, 15) is 17.6 Å². The van der Waals surface area contributed by atoms with Gasteiger partial charge in [-0.25, -0.2) is 12.8 Å². The minimum atomic E-state index is -4.05. The van der Waals surface area contributed by atoms with Crippen LogP contribution >= 0.6 is 0 Å². The fourth-order valence-corrected chi connectivity index (χ4v) is 3.12. The number of halogens is 1. The second-order valence-corrected chi connectivity index (χ2v) is 5.89. The van der Waals surface area contributed by atoms with Crippen molar-refractivity contribution in [2.24, 2.45) is 0 Å². The maximum Gasteiger partial charge on any atom is 0.321 e. The number of aliphatic carboxylic acids is 1. The summed E-state index contributed by atoms with van der Waals surface area (Å²) in [5, 5.41) is 8.94. The Morgan fingerprint density at radius 3 is 2.63 bits per heavy atom. The molecule has 2 N–H and O–H groups in total. The van der Waals surface area contributed by atoms with Gasteiger partial charge >= 0.3 is 5.97 Å². The summed E-state index contributed by atoms with van der Waals surface area (Å²) in [5.74, 6) is -1.94.